The van der Waals surface area contributed by atoms with Crippen LogP contribution in [0.3, 0.4) is 0 Å². The molecule has 1 saturated heterocycles. The zero-order chi connectivity index (χ0) is 27.8. The first-order chi connectivity index (χ1) is 18.1. The second-order valence-corrected chi connectivity index (χ2v) is 10.6. The zero-order valence-electron chi connectivity index (χ0n) is 23.1. The molecule has 6 atom stereocenters. The molecule has 208 valence electrons. The lowest BCUT2D eigenvalue weighted by Gasteiger charge is -2.29. The van der Waals surface area contributed by atoms with Crippen LogP contribution in [0.4, 0.5) is 0 Å². The van der Waals surface area contributed by atoms with E-state index >= 15 is 0 Å². The fourth-order valence-corrected chi connectivity index (χ4v) is 4.79. The minimum absolute atomic E-state index is 0.0645. The number of carbonyl (C=O) groups is 4. The van der Waals surface area contributed by atoms with E-state index in [4.69, 9.17) is 4.74 Å². The van der Waals surface area contributed by atoms with Crippen LogP contribution >= 0.6 is 0 Å². The molecule has 0 spiro atoms. The van der Waals surface area contributed by atoms with Gasteiger partial charge >= 0.3 is 5.97 Å². The van der Waals surface area contributed by atoms with Gasteiger partial charge in [-0.25, -0.2) is 4.79 Å². The van der Waals surface area contributed by atoms with E-state index in [0.29, 0.717) is 6.42 Å². The standard InChI is InChI=1S/C29H42N4O5/c1-6-8-11-18(4)24-15-25(34)32-23(14-20-16-30-22-13-10-9-12-21(20)22)28(36)31-19(5)27(35)33-26(17(3)7-2)29(37)38-24/h9-10,12-13,16-19,23-24,26,30H,6-8,11,14-15H2,1-5H3,(H,31,36)(H,32,34)(H,33,35)/t17-,18+,19+,23+,24+,26-/m1/s1. The molecule has 0 saturated carbocycles. The van der Waals surface area contributed by atoms with Crippen LogP contribution in [0, 0.1) is 11.8 Å². The number of amides is 3. The van der Waals surface area contributed by atoms with Crippen molar-refractivity contribution in [3.8, 4) is 0 Å². The minimum Gasteiger partial charge on any atom is -0.460 e. The van der Waals surface area contributed by atoms with Gasteiger partial charge in [-0.2, -0.15) is 0 Å². The monoisotopic (exact) mass is 526 g/mol. The Bertz CT molecular complexity index is 1130. The molecule has 1 aliphatic heterocycles. The Morgan fingerprint density at radius 1 is 0.974 bits per heavy atom. The molecule has 0 bridgehead atoms. The molecule has 38 heavy (non-hydrogen) atoms. The van der Waals surface area contributed by atoms with E-state index in [1.165, 1.54) is 0 Å². The van der Waals surface area contributed by atoms with Crippen molar-refractivity contribution in [3.63, 3.8) is 0 Å². The second kappa shape index (κ2) is 13.4. The Morgan fingerprint density at radius 3 is 2.42 bits per heavy atom. The maximum absolute atomic E-state index is 13.4. The highest BCUT2D eigenvalue weighted by Gasteiger charge is 2.35. The number of ether oxygens (including phenoxy) is 1. The number of nitrogens with one attached hydrogen (secondary N) is 4. The molecule has 1 aliphatic rings. The van der Waals surface area contributed by atoms with Gasteiger partial charge in [-0.3, -0.25) is 14.4 Å². The number of rotatable bonds is 8. The van der Waals surface area contributed by atoms with Gasteiger partial charge in [0, 0.05) is 23.5 Å². The molecule has 9 nitrogen and oxygen atoms in total. The van der Waals surface area contributed by atoms with Crippen LogP contribution in [0.15, 0.2) is 30.5 Å². The summed E-state index contributed by atoms with van der Waals surface area (Å²) in [5.74, 6) is -2.13. The van der Waals surface area contributed by atoms with Crippen LogP contribution in [0.1, 0.15) is 72.3 Å². The van der Waals surface area contributed by atoms with Gasteiger partial charge in [0.05, 0.1) is 6.42 Å². The highest BCUT2D eigenvalue weighted by atomic mass is 16.5. The molecular weight excluding hydrogens is 484 g/mol. The number of unbranched alkanes of at least 4 members (excludes halogenated alkanes) is 1. The summed E-state index contributed by atoms with van der Waals surface area (Å²) in [6.07, 6.45) is 4.68. The number of fused-ring (bicyclic) bond motifs is 1. The number of para-hydroxylation sites is 1. The minimum atomic E-state index is -0.913. The van der Waals surface area contributed by atoms with E-state index in [1.807, 2.05) is 51.2 Å². The van der Waals surface area contributed by atoms with Gasteiger partial charge in [0.15, 0.2) is 0 Å². The van der Waals surface area contributed by atoms with Crippen molar-refractivity contribution in [2.75, 3.05) is 0 Å². The SMILES string of the molecule is CCCC[C@H](C)[C@@H]1CC(=O)N[C@@H](Cc2c[nH]c3ccccc23)C(=O)N[C@@H](C)C(=O)N[C@H]([C@H](C)CC)C(=O)O1. The Morgan fingerprint density at radius 2 is 1.71 bits per heavy atom. The number of cyclic esters (lactones) is 1. The van der Waals surface area contributed by atoms with E-state index in [0.717, 1.165) is 35.7 Å². The van der Waals surface area contributed by atoms with Crippen LogP contribution in [-0.2, 0) is 30.3 Å². The molecule has 0 radical (unpaired) electrons. The van der Waals surface area contributed by atoms with Gasteiger partial charge in [0.25, 0.3) is 0 Å². The number of carbonyl (C=O) groups excluding carboxylic acids is 4. The molecule has 9 heteroatoms. The van der Waals surface area contributed by atoms with Gasteiger partial charge in [-0.05, 0) is 36.8 Å². The van der Waals surface area contributed by atoms with Crippen LogP contribution in [0.25, 0.3) is 10.9 Å². The van der Waals surface area contributed by atoms with E-state index in [9.17, 15) is 19.2 Å². The maximum Gasteiger partial charge on any atom is 0.329 e. The summed E-state index contributed by atoms with van der Waals surface area (Å²) in [5.41, 5.74) is 1.80. The van der Waals surface area contributed by atoms with Gasteiger partial charge in [0.2, 0.25) is 17.7 Å². The lowest BCUT2D eigenvalue weighted by molar-refractivity contribution is -0.158. The van der Waals surface area contributed by atoms with Crippen molar-refractivity contribution >= 4 is 34.6 Å². The van der Waals surface area contributed by atoms with Crippen LogP contribution in [0.5, 0.6) is 0 Å². The first kappa shape index (κ1) is 29.2. The number of hydrogen-bond acceptors (Lipinski definition) is 5. The normalized spacial score (nSPS) is 25.2. The Kier molecular flexibility index (Phi) is 10.3. The van der Waals surface area contributed by atoms with Crippen LogP contribution in [0.2, 0.25) is 0 Å². The fourth-order valence-electron chi connectivity index (χ4n) is 4.79. The summed E-state index contributed by atoms with van der Waals surface area (Å²) in [6.45, 7) is 9.41. The molecule has 1 aromatic heterocycles. The molecule has 3 rings (SSSR count). The first-order valence-electron chi connectivity index (χ1n) is 13.8. The van der Waals surface area contributed by atoms with Crippen LogP contribution < -0.4 is 16.0 Å². The Labute approximate surface area is 224 Å². The summed E-state index contributed by atoms with van der Waals surface area (Å²) in [6, 6.07) is 5.03. The topological polar surface area (TPSA) is 129 Å². The van der Waals surface area contributed by atoms with E-state index in [2.05, 4.69) is 27.9 Å². The Balaban J connectivity index is 1.93. The summed E-state index contributed by atoms with van der Waals surface area (Å²) in [5, 5.41) is 9.33. The van der Waals surface area contributed by atoms with Gasteiger partial charge < -0.3 is 25.7 Å². The third kappa shape index (κ3) is 7.36. The van der Waals surface area contributed by atoms with Crippen molar-refractivity contribution in [1.29, 1.82) is 0 Å². The van der Waals surface area contributed by atoms with Gasteiger partial charge in [-0.15, -0.1) is 0 Å². The molecule has 2 aromatic rings. The summed E-state index contributed by atoms with van der Waals surface area (Å²) >= 11 is 0. The van der Waals surface area contributed by atoms with Crippen molar-refractivity contribution in [2.24, 2.45) is 11.8 Å². The summed E-state index contributed by atoms with van der Waals surface area (Å²) < 4.78 is 5.91. The number of aromatic nitrogens is 1. The predicted octanol–water partition coefficient (Wildman–Crippen LogP) is 3.37. The average Bonchev–Trinajstić information content (AvgIpc) is 3.31. The molecule has 0 aliphatic carbocycles. The molecule has 1 fully saturated rings. The van der Waals surface area contributed by atoms with Crippen molar-refractivity contribution in [3.05, 3.63) is 36.0 Å². The van der Waals surface area contributed by atoms with Gasteiger partial charge in [0.1, 0.15) is 24.2 Å². The first-order valence-corrected chi connectivity index (χ1v) is 13.8. The number of benzene rings is 1. The number of hydrogen-bond donors (Lipinski definition) is 4. The molecule has 0 unspecified atom stereocenters. The smallest absolute Gasteiger partial charge is 0.329 e. The third-order valence-electron chi connectivity index (χ3n) is 7.57. The second-order valence-electron chi connectivity index (χ2n) is 10.6. The van der Waals surface area contributed by atoms with E-state index in [1.54, 1.807) is 6.92 Å². The molecule has 4 N–H and O–H groups in total. The predicted molar refractivity (Wildman–Crippen MR) is 146 cm³/mol. The largest absolute Gasteiger partial charge is 0.460 e. The van der Waals surface area contributed by atoms with Crippen molar-refractivity contribution in [2.45, 2.75) is 97.4 Å². The summed E-state index contributed by atoms with van der Waals surface area (Å²) in [7, 11) is 0. The Hall–Kier alpha value is -3.36. The quantitative estimate of drug-likeness (QED) is 0.392. The molecular formula is C29H42N4O5. The highest BCUT2D eigenvalue weighted by Crippen LogP contribution is 2.22. The molecule has 3 amide bonds. The lowest BCUT2D eigenvalue weighted by atomic mass is 9.94. The number of esters is 1. The zero-order valence-corrected chi connectivity index (χ0v) is 23.1. The van der Waals surface area contributed by atoms with E-state index in [-0.39, 0.29) is 30.6 Å². The number of aromatic amines is 1. The van der Waals surface area contributed by atoms with Crippen LogP contribution in [-0.4, -0.2) is 52.9 Å². The fraction of sp³-hybridized carbons (Fsp3) is 0.586. The maximum atomic E-state index is 13.4. The summed E-state index contributed by atoms with van der Waals surface area (Å²) in [4.78, 5) is 56.1. The van der Waals surface area contributed by atoms with Crippen molar-refractivity contribution in [1.82, 2.24) is 20.9 Å². The number of H-pyrrole nitrogens is 1. The lowest BCUT2D eigenvalue weighted by Crippen LogP contribution is -2.55. The highest BCUT2D eigenvalue weighted by molar-refractivity contribution is 5.94. The van der Waals surface area contributed by atoms with Gasteiger partial charge in [-0.1, -0.05) is 65.2 Å². The molecule has 2 heterocycles. The van der Waals surface area contributed by atoms with E-state index < -0.39 is 42.0 Å². The van der Waals surface area contributed by atoms with Crippen molar-refractivity contribution < 1.29 is 23.9 Å². The molecule has 1 aromatic carbocycles. The third-order valence-corrected chi connectivity index (χ3v) is 7.57. The average molecular weight is 527 g/mol.